The number of unbranched alkanes of at least 4 members (excludes halogenated alkanes) is 1. The van der Waals surface area contributed by atoms with Gasteiger partial charge in [-0.15, -0.1) is 0 Å². The molecule has 1 aliphatic heterocycles. The van der Waals surface area contributed by atoms with Gasteiger partial charge in [-0.2, -0.15) is 0 Å². The molecule has 0 spiro atoms. The highest BCUT2D eigenvalue weighted by atomic mass is 16.5. The summed E-state index contributed by atoms with van der Waals surface area (Å²) in [4.78, 5) is 14.3. The average Bonchev–Trinajstić information content (AvgIpc) is 2.65. The molecule has 0 aliphatic carbocycles. The van der Waals surface area contributed by atoms with Gasteiger partial charge in [0.25, 0.3) is 0 Å². The summed E-state index contributed by atoms with van der Waals surface area (Å²) in [5.41, 5.74) is 1.95. The van der Waals surface area contributed by atoms with Crippen LogP contribution in [0.1, 0.15) is 36.8 Å². The Bertz CT molecular complexity index is 790. The van der Waals surface area contributed by atoms with Gasteiger partial charge in [-0.05, 0) is 82.8 Å². The lowest BCUT2D eigenvalue weighted by atomic mass is 9.97. The number of hydrogen-bond acceptors (Lipinski definition) is 5. The number of nitrogens with zero attached hydrogens (tertiary/aromatic N) is 1. The Morgan fingerprint density at radius 3 is 2.69 bits per heavy atom. The molecule has 1 fully saturated rings. The second kappa shape index (κ2) is 8.69. The van der Waals surface area contributed by atoms with Crippen molar-refractivity contribution in [2.75, 3.05) is 32.8 Å². The molecule has 0 unspecified atom stereocenters. The minimum atomic E-state index is -0.277. The van der Waals surface area contributed by atoms with Crippen LogP contribution in [0.25, 0.3) is 11.0 Å². The van der Waals surface area contributed by atoms with Crippen molar-refractivity contribution in [3.63, 3.8) is 0 Å². The van der Waals surface area contributed by atoms with Gasteiger partial charge < -0.3 is 19.2 Å². The maximum Gasteiger partial charge on any atom is 0.339 e. The van der Waals surface area contributed by atoms with Crippen LogP contribution in [0.5, 0.6) is 5.75 Å². The lowest BCUT2D eigenvalue weighted by molar-refractivity contribution is 0.138. The SMILES string of the molecule is Cc1c(C)c2ccc(OCC3CCN(CCCCO)CC3)cc2oc1=O. The van der Waals surface area contributed by atoms with Crippen molar-refractivity contribution in [3.8, 4) is 5.75 Å². The van der Waals surface area contributed by atoms with Crippen LogP contribution >= 0.6 is 0 Å². The van der Waals surface area contributed by atoms with E-state index >= 15 is 0 Å². The van der Waals surface area contributed by atoms with Gasteiger partial charge in [0.05, 0.1) is 6.61 Å². The number of aliphatic hydroxyl groups is 1. The minimum absolute atomic E-state index is 0.277. The Hall–Kier alpha value is -1.85. The minimum Gasteiger partial charge on any atom is -0.493 e. The number of piperidine rings is 1. The van der Waals surface area contributed by atoms with Crippen molar-refractivity contribution in [3.05, 3.63) is 39.7 Å². The topological polar surface area (TPSA) is 62.9 Å². The first kappa shape index (κ1) is 18.9. The number of hydrogen-bond donors (Lipinski definition) is 1. The van der Waals surface area contributed by atoms with Gasteiger partial charge in [-0.3, -0.25) is 0 Å². The number of rotatable bonds is 7. The summed E-state index contributed by atoms with van der Waals surface area (Å²) >= 11 is 0. The molecule has 3 rings (SSSR count). The molecular formula is C21H29NO4. The fourth-order valence-corrected chi connectivity index (χ4v) is 3.56. The Morgan fingerprint density at radius 1 is 1.19 bits per heavy atom. The maximum atomic E-state index is 11.9. The number of fused-ring (bicyclic) bond motifs is 1. The average molecular weight is 359 g/mol. The molecule has 5 nitrogen and oxygen atoms in total. The Morgan fingerprint density at radius 2 is 1.96 bits per heavy atom. The fraction of sp³-hybridized carbons (Fsp3) is 0.571. The first-order chi connectivity index (χ1) is 12.6. The van der Waals surface area contributed by atoms with Crippen LogP contribution in [0.15, 0.2) is 27.4 Å². The quantitative estimate of drug-likeness (QED) is 0.607. The lowest BCUT2D eigenvalue weighted by Crippen LogP contribution is -2.36. The van der Waals surface area contributed by atoms with Gasteiger partial charge in [-0.25, -0.2) is 4.79 Å². The molecule has 5 heteroatoms. The van der Waals surface area contributed by atoms with Gasteiger partial charge in [0.2, 0.25) is 0 Å². The summed E-state index contributed by atoms with van der Waals surface area (Å²) in [7, 11) is 0. The molecule has 2 aromatic rings. The van der Waals surface area contributed by atoms with Crippen molar-refractivity contribution in [1.29, 1.82) is 0 Å². The number of benzene rings is 1. The Kier molecular flexibility index (Phi) is 6.33. The van der Waals surface area contributed by atoms with Crippen LogP contribution in [0, 0.1) is 19.8 Å². The van der Waals surface area contributed by atoms with Crippen LogP contribution in [-0.2, 0) is 0 Å². The Labute approximate surface area is 154 Å². The molecule has 1 N–H and O–H groups in total. The first-order valence-corrected chi connectivity index (χ1v) is 9.58. The van der Waals surface area contributed by atoms with Crippen molar-refractivity contribution in [2.45, 2.75) is 39.5 Å². The summed E-state index contributed by atoms with van der Waals surface area (Å²) < 4.78 is 11.4. The molecule has 2 heterocycles. The summed E-state index contributed by atoms with van der Waals surface area (Å²) in [5, 5.41) is 9.83. The molecule has 0 amide bonds. The lowest BCUT2D eigenvalue weighted by Gasteiger charge is -2.31. The predicted molar refractivity (Wildman–Crippen MR) is 103 cm³/mol. The third-order valence-electron chi connectivity index (χ3n) is 5.50. The van der Waals surface area contributed by atoms with Gasteiger partial charge in [0, 0.05) is 23.6 Å². The van der Waals surface area contributed by atoms with E-state index in [1.165, 1.54) is 0 Å². The molecule has 0 atom stereocenters. The van der Waals surface area contributed by atoms with Crippen LogP contribution in [0.3, 0.4) is 0 Å². The molecule has 142 valence electrons. The van der Waals surface area contributed by atoms with Crippen molar-refractivity contribution in [1.82, 2.24) is 4.90 Å². The number of aliphatic hydroxyl groups excluding tert-OH is 1. The largest absolute Gasteiger partial charge is 0.493 e. The number of ether oxygens (including phenoxy) is 1. The maximum absolute atomic E-state index is 11.9. The second-order valence-electron chi connectivity index (χ2n) is 7.32. The van der Waals surface area contributed by atoms with Crippen LogP contribution in [0.2, 0.25) is 0 Å². The van der Waals surface area contributed by atoms with Gasteiger partial charge in [-0.1, -0.05) is 0 Å². The van der Waals surface area contributed by atoms with E-state index in [0.29, 0.717) is 23.7 Å². The summed E-state index contributed by atoms with van der Waals surface area (Å²) in [6.45, 7) is 8.01. The molecule has 0 saturated carbocycles. The number of aryl methyl sites for hydroxylation is 1. The predicted octanol–water partition coefficient (Wildman–Crippen LogP) is 3.27. The van der Waals surface area contributed by atoms with Crippen LogP contribution in [-0.4, -0.2) is 42.9 Å². The monoisotopic (exact) mass is 359 g/mol. The highest BCUT2D eigenvalue weighted by molar-refractivity contribution is 5.82. The molecule has 1 saturated heterocycles. The van der Waals surface area contributed by atoms with Gasteiger partial charge in [0.1, 0.15) is 11.3 Å². The zero-order chi connectivity index (χ0) is 18.5. The first-order valence-electron chi connectivity index (χ1n) is 9.58. The van der Waals surface area contributed by atoms with E-state index in [9.17, 15) is 4.79 Å². The van der Waals surface area contributed by atoms with E-state index in [1.807, 2.05) is 25.1 Å². The Balaban J connectivity index is 1.54. The molecule has 26 heavy (non-hydrogen) atoms. The van der Waals surface area contributed by atoms with Gasteiger partial charge in [0.15, 0.2) is 0 Å². The van der Waals surface area contributed by atoms with Crippen LogP contribution in [0.4, 0.5) is 0 Å². The van der Waals surface area contributed by atoms with Crippen LogP contribution < -0.4 is 10.4 Å². The van der Waals surface area contributed by atoms with E-state index < -0.39 is 0 Å². The molecule has 0 radical (unpaired) electrons. The highest BCUT2D eigenvalue weighted by Gasteiger charge is 2.19. The highest BCUT2D eigenvalue weighted by Crippen LogP contribution is 2.25. The number of likely N-dealkylation sites (tertiary alicyclic amines) is 1. The zero-order valence-corrected chi connectivity index (χ0v) is 15.8. The smallest absolute Gasteiger partial charge is 0.339 e. The molecular weight excluding hydrogens is 330 g/mol. The summed E-state index contributed by atoms with van der Waals surface area (Å²) in [6, 6.07) is 5.76. The van der Waals surface area contributed by atoms with E-state index in [-0.39, 0.29) is 12.2 Å². The van der Waals surface area contributed by atoms with E-state index in [0.717, 1.165) is 62.0 Å². The van der Waals surface area contributed by atoms with Crippen molar-refractivity contribution < 1.29 is 14.3 Å². The standard InChI is InChI=1S/C21H29NO4/c1-15-16(2)21(24)26-20-13-18(5-6-19(15)20)25-14-17-7-10-22(11-8-17)9-3-4-12-23/h5-6,13,17,23H,3-4,7-12,14H2,1-2H3. The third kappa shape index (κ3) is 4.46. The fourth-order valence-electron chi connectivity index (χ4n) is 3.56. The zero-order valence-electron chi connectivity index (χ0n) is 15.8. The van der Waals surface area contributed by atoms with E-state index in [2.05, 4.69) is 4.90 Å². The summed E-state index contributed by atoms with van der Waals surface area (Å²) in [5.74, 6) is 1.32. The second-order valence-corrected chi connectivity index (χ2v) is 7.32. The normalized spacial score (nSPS) is 16.3. The molecule has 0 bridgehead atoms. The third-order valence-corrected chi connectivity index (χ3v) is 5.50. The van der Waals surface area contributed by atoms with Crippen molar-refractivity contribution in [2.24, 2.45) is 5.92 Å². The van der Waals surface area contributed by atoms with Gasteiger partial charge >= 0.3 is 5.63 Å². The molecule has 1 aromatic heterocycles. The van der Waals surface area contributed by atoms with E-state index in [4.69, 9.17) is 14.3 Å². The summed E-state index contributed by atoms with van der Waals surface area (Å²) in [6.07, 6.45) is 4.24. The van der Waals surface area contributed by atoms with E-state index in [1.54, 1.807) is 6.92 Å². The van der Waals surface area contributed by atoms with Crippen molar-refractivity contribution >= 4 is 11.0 Å². The molecule has 1 aliphatic rings. The molecule has 1 aromatic carbocycles.